The highest BCUT2D eigenvalue weighted by Crippen LogP contribution is 2.66. The summed E-state index contributed by atoms with van der Waals surface area (Å²) in [4.78, 5) is 4.88. The molecular weight excluding hydrogens is 753 g/mol. The minimum Gasteiger partial charge on any atom is -0.456 e. The number of furan rings is 1. The highest BCUT2D eigenvalue weighted by atomic mass is 16.3. The maximum Gasteiger partial charge on any atom is 0.135 e. The summed E-state index contributed by atoms with van der Waals surface area (Å²) in [5, 5.41) is 4.67. The number of fused-ring (bicyclic) bond motifs is 15. The summed E-state index contributed by atoms with van der Waals surface area (Å²) in [5.41, 5.74) is 18.1. The largest absolute Gasteiger partial charge is 0.456 e. The van der Waals surface area contributed by atoms with Crippen LogP contribution in [0.25, 0.3) is 55.0 Å². The molecule has 10 aromatic carbocycles. The fraction of sp³-hybridized carbons (Fsp3) is 0.0169. The Kier molecular flexibility index (Phi) is 7.52. The van der Waals surface area contributed by atoms with Crippen LogP contribution in [-0.2, 0) is 5.41 Å². The van der Waals surface area contributed by atoms with Crippen molar-refractivity contribution < 1.29 is 4.42 Å². The van der Waals surface area contributed by atoms with Crippen molar-refractivity contribution in [2.45, 2.75) is 5.41 Å². The molecule has 3 nitrogen and oxygen atoms in total. The quantitative estimate of drug-likeness (QED) is 0.167. The van der Waals surface area contributed by atoms with Crippen molar-refractivity contribution in [3.05, 3.63) is 253 Å². The molecule has 62 heavy (non-hydrogen) atoms. The number of rotatable bonds is 6. The van der Waals surface area contributed by atoms with Crippen molar-refractivity contribution in [2.24, 2.45) is 0 Å². The fourth-order valence-electron chi connectivity index (χ4n) is 10.8. The normalized spacial score (nSPS) is 14.5. The highest BCUT2D eigenvalue weighted by Gasteiger charge is 2.53. The van der Waals surface area contributed by atoms with Gasteiger partial charge in [0, 0.05) is 44.5 Å². The lowest BCUT2D eigenvalue weighted by Crippen LogP contribution is -2.26. The Balaban J connectivity index is 1.13. The molecule has 1 atom stereocenters. The smallest absolute Gasteiger partial charge is 0.135 e. The number of benzene rings is 10. The van der Waals surface area contributed by atoms with E-state index in [-0.39, 0.29) is 0 Å². The van der Waals surface area contributed by atoms with Gasteiger partial charge in [-0.3, -0.25) is 0 Å². The van der Waals surface area contributed by atoms with E-state index < -0.39 is 5.41 Å². The molecule has 0 radical (unpaired) electrons. The molecule has 290 valence electrons. The first kappa shape index (κ1) is 34.7. The zero-order valence-electron chi connectivity index (χ0n) is 33.7. The molecular formula is C59H38N2O. The van der Waals surface area contributed by atoms with Gasteiger partial charge in [0.25, 0.3) is 0 Å². The van der Waals surface area contributed by atoms with Gasteiger partial charge in [-0.1, -0.05) is 158 Å². The molecule has 1 aromatic heterocycles. The molecule has 2 aliphatic carbocycles. The lowest BCUT2D eigenvalue weighted by atomic mass is 9.70. The summed E-state index contributed by atoms with van der Waals surface area (Å²) in [7, 11) is 0. The molecule has 1 spiro atoms. The van der Waals surface area contributed by atoms with Crippen LogP contribution < -0.4 is 9.80 Å². The predicted molar refractivity (Wildman–Crippen MR) is 257 cm³/mol. The Morgan fingerprint density at radius 3 is 1.45 bits per heavy atom. The van der Waals surface area contributed by atoms with Gasteiger partial charge in [-0.05, 0) is 117 Å². The number of nitrogens with zero attached hydrogens (tertiary/aromatic N) is 2. The Labute approximate surface area is 360 Å². The summed E-state index contributed by atoms with van der Waals surface area (Å²) in [6, 6.07) is 84.1. The van der Waals surface area contributed by atoms with Crippen LogP contribution in [0.15, 0.2) is 235 Å². The Bertz CT molecular complexity index is 3500. The van der Waals surface area contributed by atoms with Crippen molar-refractivity contribution in [3.63, 3.8) is 0 Å². The first-order valence-corrected chi connectivity index (χ1v) is 21.4. The van der Waals surface area contributed by atoms with E-state index in [2.05, 4.69) is 234 Å². The van der Waals surface area contributed by atoms with E-state index in [4.69, 9.17) is 4.42 Å². The molecule has 0 saturated heterocycles. The minimum atomic E-state index is -0.598. The second kappa shape index (κ2) is 13.4. The van der Waals surface area contributed by atoms with Gasteiger partial charge in [0.1, 0.15) is 11.2 Å². The Morgan fingerprint density at radius 2 is 0.790 bits per heavy atom. The number of anilines is 6. The Hall–Kier alpha value is -8.14. The molecule has 0 saturated carbocycles. The van der Waals surface area contributed by atoms with Gasteiger partial charge in [-0.25, -0.2) is 0 Å². The highest BCUT2D eigenvalue weighted by molar-refractivity contribution is 6.13. The molecule has 11 aromatic rings. The summed E-state index contributed by atoms with van der Waals surface area (Å²) in [5.74, 6) is 0. The van der Waals surface area contributed by atoms with Crippen molar-refractivity contribution in [1.29, 1.82) is 0 Å². The van der Waals surface area contributed by atoms with Crippen molar-refractivity contribution in [1.82, 2.24) is 0 Å². The topological polar surface area (TPSA) is 19.6 Å². The molecule has 0 bridgehead atoms. The standard InChI is InChI=1S/C59H38N2O/c1-4-19-39(20-5-1)60(40-21-6-2-7-22-40)54-38-52-57(45-27-11-10-25-43(45)54)46-28-12-15-30-49(46)59(52)50-31-16-13-29-47(50)58-51(59)32-18-33-53(58)61(41-23-8-3-9-24-41)42-35-36-56-48(37-42)44-26-14-17-34-55(44)62-56/h1-38H. The van der Waals surface area contributed by atoms with Gasteiger partial charge in [0.05, 0.1) is 16.8 Å². The van der Waals surface area contributed by atoms with Crippen LogP contribution in [-0.4, -0.2) is 0 Å². The second-order valence-corrected chi connectivity index (χ2v) is 16.4. The van der Waals surface area contributed by atoms with E-state index >= 15 is 0 Å². The zero-order chi connectivity index (χ0) is 40.8. The predicted octanol–water partition coefficient (Wildman–Crippen LogP) is 16.0. The Morgan fingerprint density at radius 1 is 0.290 bits per heavy atom. The van der Waals surface area contributed by atoms with Gasteiger partial charge in [-0.2, -0.15) is 0 Å². The molecule has 1 unspecified atom stereocenters. The van der Waals surface area contributed by atoms with Crippen molar-refractivity contribution in [3.8, 4) is 22.3 Å². The lowest BCUT2D eigenvalue weighted by Gasteiger charge is -2.33. The van der Waals surface area contributed by atoms with Crippen LogP contribution in [0, 0.1) is 0 Å². The summed E-state index contributed by atoms with van der Waals surface area (Å²) in [6.45, 7) is 0. The minimum absolute atomic E-state index is 0.598. The number of para-hydroxylation sites is 4. The van der Waals surface area contributed by atoms with Crippen LogP contribution in [0.3, 0.4) is 0 Å². The summed E-state index contributed by atoms with van der Waals surface area (Å²) < 4.78 is 6.34. The molecule has 13 rings (SSSR count). The zero-order valence-corrected chi connectivity index (χ0v) is 33.7. The van der Waals surface area contributed by atoms with Crippen LogP contribution in [0.1, 0.15) is 22.3 Å². The maximum atomic E-state index is 6.34. The third kappa shape index (κ3) is 4.82. The van der Waals surface area contributed by atoms with Gasteiger partial charge in [-0.15, -0.1) is 0 Å². The molecule has 0 N–H and O–H groups in total. The summed E-state index contributed by atoms with van der Waals surface area (Å²) in [6.07, 6.45) is 0. The van der Waals surface area contributed by atoms with E-state index in [1.807, 2.05) is 6.07 Å². The first-order chi connectivity index (χ1) is 30.8. The SMILES string of the molecule is c1ccc(N(c2ccc3oc4ccccc4c3c2)c2cccc3c2-c2ccccc2C32c3ccccc3-c3c2cc(N(c2ccccc2)c2ccccc2)c2ccccc32)cc1. The first-order valence-electron chi connectivity index (χ1n) is 21.4. The third-order valence-electron chi connectivity index (χ3n) is 13.2. The second-order valence-electron chi connectivity index (χ2n) is 16.4. The van der Waals surface area contributed by atoms with Gasteiger partial charge < -0.3 is 14.2 Å². The molecule has 0 amide bonds. The molecule has 0 fully saturated rings. The van der Waals surface area contributed by atoms with Crippen molar-refractivity contribution >= 4 is 66.8 Å². The number of hydrogen-bond donors (Lipinski definition) is 0. The maximum absolute atomic E-state index is 6.34. The van der Waals surface area contributed by atoms with Gasteiger partial charge in [0.2, 0.25) is 0 Å². The average Bonchev–Trinajstić information content (AvgIpc) is 3.97. The van der Waals surface area contributed by atoms with E-state index in [9.17, 15) is 0 Å². The van der Waals surface area contributed by atoms with Gasteiger partial charge >= 0.3 is 0 Å². The molecule has 0 aliphatic heterocycles. The lowest BCUT2D eigenvalue weighted by molar-refractivity contribution is 0.669. The van der Waals surface area contributed by atoms with Gasteiger partial charge in [0.15, 0.2) is 0 Å². The monoisotopic (exact) mass is 790 g/mol. The molecule has 1 heterocycles. The molecule has 2 aliphatic rings. The van der Waals surface area contributed by atoms with E-state index in [0.717, 1.165) is 56.1 Å². The van der Waals surface area contributed by atoms with Crippen LogP contribution >= 0.6 is 0 Å². The third-order valence-corrected chi connectivity index (χ3v) is 13.2. The van der Waals surface area contributed by atoms with Crippen LogP contribution in [0.2, 0.25) is 0 Å². The average molecular weight is 791 g/mol. The molecule has 3 heteroatoms. The number of hydrogen-bond acceptors (Lipinski definition) is 3. The van der Waals surface area contributed by atoms with E-state index in [0.29, 0.717) is 0 Å². The van der Waals surface area contributed by atoms with Crippen LogP contribution in [0.5, 0.6) is 0 Å². The fourth-order valence-corrected chi connectivity index (χ4v) is 10.8. The van der Waals surface area contributed by atoms with Crippen LogP contribution in [0.4, 0.5) is 34.1 Å². The van der Waals surface area contributed by atoms with Crippen molar-refractivity contribution in [2.75, 3.05) is 9.80 Å². The van der Waals surface area contributed by atoms with E-state index in [1.165, 1.54) is 55.3 Å². The van der Waals surface area contributed by atoms with E-state index in [1.54, 1.807) is 0 Å². The summed E-state index contributed by atoms with van der Waals surface area (Å²) >= 11 is 0.